The average molecular weight is 416 g/mol. The van der Waals surface area contributed by atoms with Crippen LogP contribution in [-0.4, -0.2) is 77.9 Å². The first-order valence-electron chi connectivity index (χ1n) is 11.6. The lowest BCUT2D eigenvalue weighted by Crippen LogP contribution is -2.65. The fraction of sp³-hybridized carbons (Fsp3) is 0.708. The van der Waals surface area contributed by atoms with Crippen LogP contribution in [0.25, 0.3) is 0 Å². The van der Waals surface area contributed by atoms with Gasteiger partial charge < -0.3 is 15.2 Å². The minimum absolute atomic E-state index is 0.116. The Morgan fingerprint density at radius 2 is 1.70 bits per heavy atom. The molecule has 0 aromatic heterocycles. The number of nitrogens with zero attached hydrogens (tertiary/aromatic N) is 2. The van der Waals surface area contributed by atoms with Crippen molar-refractivity contribution in [3.8, 4) is 0 Å². The van der Waals surface area contributed by atoms with Crippen molar-refractivity contribution in [2.24, 2.45) is 0 Å². The molecule has 1 aromatic carbocycles. The summed E-state index contributed by atoms with van der Waals surface area (Å²) in [5, 5.41) is 13.8. The summed E-state index contributed by atoms with van der Waals surface area (Å²) in [5.74, 6) is 0.116. The molecule has 0 bridgehead atoms. The molecule has 2 aliphatic heterocycles. The summed E-state index contributed by atoms with van der Waals surface area (Å²) in [5.41, 5.74) is 2.64. The largest absolute Gasteiger partial charge is 0.391 e. The number of aliphatic hydroxyl groups excluding tert-OH is 1. The van der Waals surface area contributed by atoms with E-state index < -0.39 is 5.54 Å². The molecular weight excluding hydrogens is 378 g/mol. The lowest BCUT2D eigenvalue weighted by atomic mass is 9.81. The molecule has 3 aliphatic rings. The molecule has 2 atom stereocenters. The van der Waals surface area contributed by atoms with Gasteiger partial charge in [-0.2, -0.15) is 0 Å². The highest BCUT2D eigenvalue weighted by Gasteiger charge is 2.48. The van der Waals surface area contributed by atoms with Gasteiger partial charge in [0, 0.05) is 37.9 Å². The van der Waals surface area contributed by atoms with E-state index >= 15 is 0 Å². The maximum Gasteiger partial charge on any atom is 0.245 e. The zero-order valence-corrected chi connectivity index (χ0v) is 18.5. The fourth-order valence-corrected chi connectivity index (χ4v) is 5.66. The van der Waals surface area contributed by atoms with E-state index in [-0.39, 0.29) is 18.1 Å². The third-order valence-corrected chi connectivity index (χ3v) is 7.55. The van der Waals surface area contributed by atoms with Crippen molar-refractivity contribution < 1.29 is 14.6 Å². The van der Waals surface area contributed by atoms with Crippen LogP contribution < -0.4 is 5.32 Å². The van der Waals surface area contributed by atoms with E-state index in [4.69, 9.17) is 4.74 Å². The molecule has 1 aromatic rings. The molecule has 1 saturated carbocycles. The van der Waals surface area contributed by atoms with Crippen molar-refractivity contribution in [1.82, 2.24) is 9.80 Å². The molecule has 4 rings (SSSR count). The Labute approximate surface area is 180 Å². The number of likely N-dealkylation sites (tertiary alicyclic amines) is 1. The molecule has 0 radical (unpaired) electrons. The predicted molar refractivity (Wildman–Crippen MR) is 119 cm³/mol. The van der Waals surface area contributed by atoms with E-state index in [0.717, 1.165) is 75.1 Å². The van der Waals surface area contributed by atoms with Gasteiger partial charge in [0.05, 0.1) is 19.3 Å². The maximum atomic E-state index is 13.8. The summed E-state index contributed by atoms with van der Waals surface area (Å²) in [6, 6.07) is 6.39. The third kappa shape index (κ3) is 4.28. The van der Waals surface area contributed by atoms with Crippen molar-refractivity contribution in [1.29, 1.82) is 0 Å². The van der Waals surface area contributed by atoms with Crippen LogP contribution in [0.1, 0.15) is 49.7 Å². The van der Waals surface area contributed by atoms with Gasteiger partial charge in [0.15, 0.2) is 0 Å². The van der Waals surface area contributed by atoms with Crippen molar-refractivity contribution >= 4 is 11.6 Å². The highest BCUT2D eigenvalue weighted by atomic mass is 16.5. The molecule has 166 valence electrons. The molecule has 2 heterocycles. The summed E-state index contributed by atoms with van der Waals surface area (Å²) in [4.78, 5) is 18.6. The number of hydrogen-bond acceptors (Lipinski definition) is 5. The predicted octanol–water partition coefficient (Wildman–Crippen LogP) is 2.71. The van der Waals surface area contributed by atoms with Gasteiger partial charge in [0.2, 0.25) is 5.91 Å². The summed E-state index contributed by atoms with van der Waals surface area (Å²) in [6.45, 7) is 8.79. The lowest BCUT2D eigenvalue weighted by Gasteiger charge is -2.51. The summed E-state index contributed by atoms with van der Waals surface area (Å²) in [7, 11) is 0. The molecule has 0 spiro atoms. The van der Waals surface area contributed by atoms with Gasteiger partial charge in [0.1, 0.15) is 5.54 Å². The summed E-state index contributed by atoms with van der Waals surface area (Å²) < 4.78 is 5.59. The Bertz CT molecular complexity index is 719. The number of rotatable bonds is 4. The monoisotopic (exact) mass is 415 g/mol. The molecule has 2 saturated heterocycles. The molecule has 6 heteroatoms. The van der Waals surface area contributed by atoms with Gasteiger partial charge >= 0.3 is 0 Å². The van der Waals surface area contributed by atoms with Gasteiger partial charge in [-0.05, 0) is 50.7 Å². The quantitative estimate of drug-likeness (QED) is 0.792. The van der Waals surface area contributed by atoms with Crippen LogP contribution in [0.3, 0.4) is 0 Å². The number of morpholine rings is 1. The molecular formula is C24H37N3O3. The minimum Gasteiger partial charge on any atom is -0.391 e. The molecule has 30 heavy (non-hydrogen) atoms. The van der Waals surface area contributed by atoms with Crippen LogP contribution in [-0.2, 0) is 9.53 Å². The number of carbonyl (C=O) groups excluding carboxylic acids is 1. The van der Waals surface area contributed by atoms with Crippen molar-refractivity contribution in [2.75, 3.05) is 44.7 Å². The normalized spacial score (nSPS) is 28.2. The van der Waals surface area contributed by atoms with Gasteiger partial charge in [-0.3, -0.25) is 14.6 Å². The first-order chi connectivity index (χ1) is 14.5. The Morgan fingerprint density at radius 1 is 1.07 bits per heavy atom. The van der Waals surface area contributed by atoms with E-state index in [9.17, 15) is 9.90 Å². The molecule has 3 fully saturated rings. The number of aryl methyl sites for hydroxylation is 2. The van der Waals surface area contributed by atoms with Crippen molar-refractivity contribution in [3.63, 3.8) is 0 Å². The summed E-state index contributed by atoms with van der Waals surface area (Å²) in [6.07, 6.45) is 5.67. The second-order valence-electron chi connectivity index (χ2n) is 9.31. The van der Waals surface area contributed by atoms with Crippen LogP contribution >= 0.6 is 0 Å². The van der Waals surface area contributed by atoms with Crippen LogP contribution in [0, 0.1) is 13.8 Å². The number of ether oxygens (including phenoxy) is 1. The number of nitrogens with one attached hydrogen (secondary N) is 1. The third-order valence-electron chi connectivity index (χ3n) is 7.55. The molecule has 1 amide bonds. The number of piperidine rings is 1. The van der Waals surface area contributed by atoms with Gasteiger partial charge in [-0.1, -0.05) is 31.0 Å². The number of carbonyl (C=O) groups is 1. The topological polar surface area (TPSA) is 65.0 Å². The van der Waals surface area contributed by atoms with Gasteiger partial charge in [0.25, 0.3) is 0 Å². The number of amides is 1. The first-order valence-corrected chi connectivity index (χ1v) is 11.6. The van der Waals surface area contributed by atoms with Crippen LogP contribution in [0.15, 0.2) is 18.2 Å². The first kappa shape index (κ1) is 21.8. The lowest BCUT2D eigenvalue weighted by molar-refractivity contribution is -0.137. The zero-order chi connectivity index (χ0) is 21.1. The number of anilines is 1. The Balaban J connectivity index is 1.53. The average Bonchev–Trinajstić information content (AvgIpc) is 2.77. The zero-order valence-electron chi connectivity index (χ0n) is 18.5. The highest BCUT2D eigenvalue weighted by molar-refractivity contribution is 5.99. The Morgan fingerprint density at radius 3 is 2.33 bits per heavy atom. The second kappa shape index (κ2) is 9.35. The summed E-state index contributed by atoms with van der Waals surface area (Å²) >= 11 is 0. The van der Waals surface area contributed by atoms with E-state index in [0.29, 0.717) is 13.2 Å². The Hall–Kier alpha value is -1.47. The SMILES string of the molecule is Cc1cccc(C)c1NC(=O)C1(N2CCOCC2)CCN([C@@H]2CCCC[C@H]2O)CC1. The fourth-order valence-electron chi connectivity index (χ4n) is 5.66. The number of para-hydroxylation sites is 1. The number of aliphatic hydroxyl groups is 1. The van der Waals surface area contributed by atoms with Crippen LogP contribution in [0.5, 0.6) is 0 Å². The highest BCUT2D eigenvalue weighted by Crippen LogP contribution is 2.35. The molecule has 1 aliphatic carbocycles. The molecule has 2 N–H and O–H groups in total. The number of benzene rings is 1. The van der Waals surface area contributed by atoms with E-state index in [1.807, 2.05) is 6.07 Å². The van der Waals surface area contributed by atoms with Crippen LogP contribution in [0.4, 0.5) is 5.69 Å². The number of hydrogen-bond donors (Lipinski definition) is 2. The molecule has 6 nitrogen and oxygen atoms in total. The van der Waals surface area contributed by atoms with Gasteiger partial charge in [-0.15, -0.1) is 0 Å². The molecule has 0 unspecified atom stereocenters. The van der Waals surface area contributed by atoms with Crippen LogP contribution in [0.2, 0.25) is 0 Å². The standard InChI is InChI=1S/C24H37N3O3/c1-18-6-5-7-19(2)22(18)25-23(29)24(27-14-16-30-17-15-27)10-12-26(13-11-24)20-8-3-4-9-21(20)28/h5-7,20-21,28H,3-4,8-17H2,1-2H3,(H,25,29)/t20-,21-/m1/s1. The van der Waals surface area contributed by atoms with Crippen molar-refractivity contribution in [3.05, 3.63) is 29.3 Å². The Kier molecular flexibility index (Phi) is 6.78. The second-order valence-corrected chi connectivity index (χ2v) is 9.31. The van der Waals surface area contributed by atoms with E-state index in [1.54, 1.807) is 0 Å². The van der Waals surface area contributed by atoms with E-state index in [1.165, 1.54) is 6.42 Å². The van der Waals surface area contributed by atoms with Gasteiger partial charge in [-0.25, -0.2) is 0 Å². The van der Waals surface area contributed by atoms with Crippen molar-refractivity contribution in [2.45, 2.75) is 70.1 Å². The smallest absolute Gasteiger partial charge is 0.245 e. The maximum absolute atomic E-state index is 13.8. The van der Waals surface area contributed by atoms with E-state index in [2.05, 4.69) is 41.1 Å². The minimum atomic E-state index is -0.505.